The van der Waals surface area contributed by atoms with E-state index in [1.807, 2.05) is 37.3 Å². The molecule has 5 heteroatoms. The summed E-state index contributed by atoms with van der Waals surface area (Å²) < 4.78 is 5.51. The maximum Gasteiger partial charge on any atom is 0.407 e. The van der Waals surface area contributed by atoms with Gasteiger partial charge < -0.3 is 15.8 Å². The van der Waals surface area contributed by atoms with Gasteiger partial charge in [0.2, 0.25) is 0 Å². The molecule has 0 saturated heterocycles. The minimum atomic E-state index is -0.443. The smallest absolute Gasteiger partial charge is 0.407 e. The number of nitrogens with one attached hydrogen (secondary N) is 1. The molecule has 146 valence electrons. The number of rotatable bonds is 5. The van der Waals surface area contributed by atoms with E-state index >= 15 is 0 Å². The molecule has 0 aliphatic heterocycles. The molecule has 1 aliphatic rings. The first kappa shape index (κ1) is 18.7. The molecule has 1 aliphatic carbocycles. The van der Waals surface area contributed by atoms with E-state index in [1.54, 1.807) is 18.3 Å². The highest BCUT2D eigenvalue weighted by molar-refractivity contribution is 5.79. The second-order valence-corrected chi connectivity index (χ2v) is 7.04. The van der Waals surface area contributed by atoms with Crippen LogP contribution >= 0.6 is 0 Å². The van der Waals surface area contributed by atoms with Gasteiger partial charge in [0.25, 0.3) is 0 Å². The van der Waals surface area contributed by atoms with Crippen LogP contribution in [-0.4, -0.2) is 24.2 Å². The van der Waals surface area contributed by atoms with Crippen molar-refractivity contribution in [1.82, 2.24) is 10.3 Å². The van der Waals surface area contributed by atoms with Crippen molar-refractivity contribution in [3.05, 3.63) is 89.3 Å². The predicted molar refractivity (Wildman–Crippen MR) is 115 cm³/mol. The fourth-order valence-electron chi connectivity index (χ4n) is 3.69. The van der Waals surface area contributed by atoms with Crippen molar-refractivity contribution in [1.29, 1.82) is 0 Å². The highest BCUT2D eigenvalue weighted by Gasteiger charge is 2.28. The van der Waals surface area contributed by atoms with Crippen LogP contribution in [0.15, 0.2) is 66.9 Å². The van der Waals surface area contributed by atoms with Gasteiger partial charge in [-0.1, -0.05) is 54.6 Å². The molecule has 0 unspecified atom stereocenters. The van der Waals surface area contributed by atoms with Crippen molar-refractivity contribution in [3.63, 3.8) is 0 Å². The van der Waals surface area contributed by atoms with Gasteiger partial charge in [0.05, 0.1) is 11.4 Å². The van der Waals surface area contributed by atoms with E-state index in [-0.39, 0.29) is 5.92 Å². The highest BCUT2D eigenvalue weighted by Crippen LogP contribution is 2.44. The third kappa shape index (κ3) is 3.85. The summed E-state index contributed by atoms with van der Waals surface area (Å²) in [5.74, 6) is 0.0555. The quantitative estimate of drug-likeness (QED) is 0.677. The highest BCUT2D eigenvalue weighted by atomic mass is 16.5. The standard InChI is InChI=1S/C24H23N3O2/c1-16-12-14-26-22(23(16)25)11-6-13-27-24(28)29-15-21-19-9-4-2-7-17(19)18-8-3-5-10-20(18)21/h2-12,14,21H,13,15,25H2,1H3,(H,27,28). The third-order valence-corrected chi connectivity index (χ3v) is 5.22. The minimum absolute atomic E-state index is 0.0555. The fraction of sp³-hybridized carbons (Fsp3) is 0.167. The Kier molecular flexibility index (Phi) is 5.29. The molecular formula is C24H23N3O2. The van der Waals surface area contributed by atoms with Crippen molar-refractivity contribution >= 4 is 17.9 Å². The van der Waals surface area contributed by atoms with Gasteiger partial charge in [0.15, 0.2) is 0 Å². The van der Waals surface area contributed by atoms with E-state index in [2.05, 4.69) is 34.6 Å². The number of hydrogen-bond acceptors (Lipinski definition) is 4. The van der Waals surface area contributed by atoms with Crippen LogP contribution in [0.4, 0.5) is 10.5 Å². The van der Waals surface area contributed by atoms with E-state index in [9.17, 15) is 4.79 Å². The molecule has 3 N–H and O–H groups in total. The lowest BCUT2D eigenvalue weighted by molar-refractivity contribution is 0.144. The normalized spacial score (nSPS) is 12.6. The summed E-state index contributed by atoms with van der Waals surface area (Å²) in [6.07, 6.45) is 4.87. The van der Waals surface area contributed by atoms with Gasteiger partial charge in [0.1, 0.15) is 6.61 Å². The summed E-state index contributed by atoms with van der Waals surface area (Å²) in [5.41, 5.74) is 13.1. The lowest BCUT2D eigenvalue weighted by atomic mass is 9.98. The topological polar surface area (TPSA) is 77.2 Å². The maximum absolute atomic E-state index is 12.1. The maximum atomic E-state index is 12.1. The number of fused-ring (bicyclic) bond motifs is 3. The average molecular weight is 385 g/mol. The Bertz CT molecular complexity index is 1030. The number of nitrogens with two attached hydrogens (primary N) is 1. The number of carbonyl (C=O) groups excluding carboxylic acids is 1. The van der Waals surface area contributed by atoms with E-state index in [0.29, 0.717) is 24.5 Å². The van der Waals surface area contributed by atoms with Crippen LogP contribution in [0.2, 0.25) is 0 Å². The van der Waals surface area contributed by atoms with Gasteiger partial charge in [-0.3, -0.25) is 4.98 Å². The van der Waals surface area contributed by atoms with Crippen LogP contribution in [0.25, 0.3) is 17.2 Å². The van der Waals surface area contributed by atoms with Crippen LogP contribution in [0.5, 0.6) is 0 Å². The van der Waals surface area contributed by atoms with Crippen LogP contribution < -0.4 is 11.1 Å². The van der Waals surface area contributed by atoms with Crippen LogP contribution in [-0.2, 0) is 4.74 Å². The monoisotopic (exact) mass is 385 g/mol. The number of amides is 1. The van der Waals surface area contributed by atoms with E-state index in [0.717, 1.165) is 5.56 Å². The lowest BCUT2D eigenvalue weighted by Crippen LogP contribution is -2.26. The number of ether oxygens (including phenoxy) is 1. The number of pyridine rings is 1. The number of carbonyl (C=O) groups is 1. The number of hydrogen-bond donors (Lipinski definition) is 2. The Morgan fingerprint density at radius 2 is 1.76 bits per heavy atom. The first-order chi connectivity index (χ1) is 14.1. The van der Waals surface area contributed by atoms with Crippen molar-refractivity contribution in [2.24, 2.45) is 0 Å². The van der Waals surface area contributed by atoms with Crippen LogP contribution in [0.3, 0.4) is 0 Å². The van der Waals surface area contributed by atoms with E-state index < -0.39 is 6.09 Å². The Morgan fingerprint density at radius 1 is 1.10 bits per heavy atom. The van der Waals surface area contributed by atoms with Crippen molar-refractivity contribution in [3.8, 4) is 11.1 Å². The second-order valence-electron chi connectivity index (χ2n) is 7.04. The largest absolute Gasteiger partial charge is 0.449 e. The molecule has 0 radical (unpaired) electrons. The number of aryl methyl sites for hydroxylation is 1. The molecule has 1 amide bonds. The lowest BCUT2D eigenvalue weighted by Gasteiger charge is -2.14. The number of aromatic nitrogens is 1. The second kappa shape index (κ2) is 8.19. The molecule has 0 bridgehead atoms. The van der Waals surface area contributed by atoms with E-state index in [4.69, 9.17) is 10.5 Å². The van der Waals surface area contributed by atoms with Crippen molar-refractivity contribution in [2.45, 2.75) is 12.8 Å². The first-order valence-electron chi connectivity index (χ1n) is 9.61. The molecule has 0 atom stereocenters. The average Bonchev–Trinajstić information content (AvgIpc) is 3.06. The molecule has 4 rings (SSSR count). The van der Waals surface area contributed by atoms with Gasteiger partial charge in [0, 0.05) is 18.7 Å². The van der Waals surface area contributed by atoms with Gasteiger partial charge in [-0.2, -0.15) is 0 Å². The molecule has 0 spiro atoms. The van der Waals surface area contributed by atoms with Gasteiger partial charge >= 0.3 is 6.09 Å². The Morgan fingerprint density at radius 3 is 2.45 bits per heavy atom. The fourth-order valence-corrected chi connectivity index (χ4v) is 3.69. The molecular weight excluding hydrogens is 362 g/mol. The molecule has 0 fully saturated rings. The zero-order valence-electron chi connectivity index (χ0n) is 16.3. The number of nitrogen functional groups attached to an aromatic ring is 1. The molecule has 1 aromatic heterocycles. The summed E-state index contributed by atoms with van der Waals surface area (Å²) >= 11 is 0. The molecule has 2 aromatic carbocycles. The minimum Gasteiger partial charge on any atom is -0.449 e. The van der Waals surface area contributed by atoms with E-state index in [1.165, 1.54) is 22.3 Å². The summed E-state index contributed by atoms with van der Waals surface area (Å²) in [7, 11) is 0. The van der Waals surface area contributed by atoms with Crippen LogP contribution in [0.1, 0.15) is 28.3 Å². The van der Waals surface area contributed by atoms with Crippen molar-refractivity contribution in [2.75, 3.05) is 18.9 Å². The molecule has 3 aromatic rings. The van der Waals surface area contributed by atoms with Gasteiger partial charge in [-0.15, -0.1) is 0 Å². The number of nitrogens with zero attached hydrogens (tertiary/aromatic N) is 1. The van der Waals surface area contributed by atoms with Crippen molar-refractivity contribution < 1.29 is 9.53 Å². The molecule has 29 heavy (non-hydrogen) atoms. The van der Waals surface area contributed by atoms with Gasteiger partial charge in [-0.05, 0) is 46.9 Å². The number of anilines is 1. The predicted octanol–water partition coefficient (Wildman–Crippen LogP) is 4.52. The van der Waals surface area contributed by atoms with Gasteiger partial charge in [-0.25, -0.2) is 4.79 Å². The molecule has 1 heterocycles. The zero-order valence-corrected chi connectivity index (χ0v) is 16.3. The Hall–Kier alpha value is -3.60. The zero-order chi connectivity index (χ0) is 20.2. The Balaban J connectivity index is 1.34. The molecule has 0 saturated carbocycles. The SMILES string of the molecule is Cc1ccnc(C=CCNC(=O)OCC2c3ccccc3-c3ccccc32)c1N. The summed E-state index contributed by atoms with van der Waals surface area (Å²) in [4.78, 5) is 16.4. The summed E-state index contributed by atoms with van der Waals surface area (Å²) in [6.45, 7) is 2.57. The third-order valence-electron chi connectivity index (χ3n) is 5.22. The Labute approximate surface area is 170 Å². The summed E-state index contributed by atoms with van der Waals surface area (Å²) in [5, 5.41) is 2.74. The summed E-state index contributed by atoms with van der Waals surface area (Å²) in [6, 6.07) is 18.4. The number of alkyl carbamates (subject to hydrolysis) is 1. The first-order valence-corrected chi connectivity index (χ1v) is 9.61. The number of benzene rings is 2. The van der Waals surface area contributed by atoms with Crippen LogP contribution in [0, 0.1) is 6.92 Å². The molecule has 5 nitrogen and oxygen atoms in total.